The molecule has 1 aromatic heterocycles. The number of carbonyl (C=O) groups is 2. The number of nitrogens with one attached hydrogen (secondary N) is 3. The smallest absolute Gasteiger partial charge is 0.304 e. The van der Waals surface area contributed by atoms with E-state index in [4.69, 9.17) is 21.2 Å². The first-order valence-corrected chi connectivity index (χ1v) is 12.2. The van der Waals surface area contributed by atoms with E-state index in [1.54, 1.807) is 12.1 Å². The van der Waals surface area contributed by atoms with E-state index in [9.17, 15) is 9.59 Å². The van der Waals surface area contributed by atoms with Crippen LogP contribution in [0.4, 0.5) is 5.69 Å². The molecule has 36 heavy (non-hydrogen) atoms. The number of amidine groups is 1. The summed E-state index contributed by atoms with van der Waals surface area (Å²) < 4.78 is 2.03. The first-order valence-electron chi connectivity index (χ1n) is 12.2. The third-order valence-electron chi connectivity index (χ3n) is 6.63. The number of hydrogen-bond donors (Lipinski definition) is 5. The first kappa shape index (κ1) is 25.2. The molecule has 6 N–H and O–H groups in total. The van der Waals surface area contributed by atoms with Gasteiger partial charge in [-0.2, -0.15) is 0 Å². The van der Waals surface area contributed by atoms with E-state index >= 15 is 0 Å². The zero-order valence-electron chi connectivity index (χ0n) is 20.5. The van der Waals surface area contributed by atoms with E-state index in [0.29, 0.717) is 25.2 Å². The van der Waals surface area contributed by atoms with Crippen LogP contribution in [0.1, 0.15) is 42.1 Å². The molecule has 1 fully saturated rings. The molecule has 1 saturated heterocycles. The van der Waals surface area contributed by atoms with Gasteiger partial charge in [-0.25, -0.2) is 4.98 Å². The molecule has 4 rings (SSSR count). The van der Waals surface area contributed by atoms with Crippen LogP contribution in [0, 0.1) is 5.41 Å². The lowest BCUT2D eigenvalue weighted by molar-refractivity contribution is -0.136. The van der Waals surface area contributed by atoms with Crippen LogP contribution in [0.5, 0.6) is 0 Å². The zero-order valence-corrected chi connectivity index (χ0v) is 20.5. The fourth-order valence-corrected chi connectivity index (χ4v) is 4.54. The molecule has 3 aromatic rings. The second-order valence-corrected chi connectivity index (χ2v) is 9.11. The number of amides is 1. The largest absolute Gasteiger partial charge is 0.481 e. The molecule has 2 heterocycles. The van der Waals surface area contributed by atoms with Gasteiger partial charge in [-0.3, -0.25) is 15.0 Å². The van der Waals surface area contributed by atoms with Crippen LogP contribution in [0.15, 0.2) is 42.5 Å². The SMILES string of the molecule is Cn1c(CNc2ccc(C(=N)N)cc2)nc2cc(C(CNCCC(=O)O)C(=O)N3CCCC3)ccc21. The van der Waals surface area contributed by atoms with Gasteiger partial charge in [-0.15, -0.1) is 0 Å². The quantitative estimate of drug-likeness (QED) is 0.157. The number of fused-ring (bicyclic) bond motifs is 1. The Bertz CT molecular complexity index is 1250. The number of likely N-dealkylation sites (tertiary alicyclic amines) is 1. The summed E-state index contributed by atoms with van der Waals surface area (Å²) >= 11 is 0. The number of carboxylic acids is 1. The average molecular weight is 492 g/mol. The van der Waals surface area contributed by atoms with Gasteiger partial charge in [0.05, 0.1) is 29.9 Å². The van der Waals surface area contributed by atoms with E-state index in [2.05, 4.69) is 10.6 Å². The maximum absolute atomic E-state index is 13.3. The fraction of sp³-hybridized carbons (Fsp3) is 0.385. The van der Waals surface area contributed by atoms with Gasteiger partial charge in [-0.1, -0.05) is 6.07 Å². The number of benzene rings is 2. The number of nitrogens with two attached hydrogens (primary N) is 1. The Morgan fingerprint density at radius 3 is 2.56 bits per heavy atom. The molecule has 2 aromatic carbocycles. The number of aromatic nitrogens is 2. The Balaban J connectivity index is 1.52. The topological polar surface area (TPSA) is 149 Å². The van der Waals surface area contributed by atoms with Crippen LogP contribution in [0.3, 0.4) is 0 Å². The van der Waals surface area contributed by atoms with Crippen molar-refractivity contribution in [3.8, 4) is 0 Å². The van der Waals surface area contributed by atoms with E-state index in [-0.39, 0.29) is 18.2 Å². The van der Waals surface area contributed by atoms with Gasteiger partial charge in [0, 0.05) is 44.5 Å². The lowest BCUT2D eigenvalue weighted by atomic mass is 9.96. The van der Waals surface area contributed by atoms with E-state index in [0.717, 1.165) is 54.0 Å². The predicted molar refractivity (Wildman–Crippen MR) is 139 cm³/mol. The van der Waals surface area contributed by atoms with Crippen LogP contribution >= 0.6 is 0 Å². The molecule has 0 saturated carbocycles. The van der Waals surface area contributed by atoms with Crippen molar-refractivity contribution in [3.63, 3.8) is 0 Å². The fourth-order valence-electron chi connectivity index (χ4n) is 4.54. The summed E-state index contributed by atoms with van der Waals surface area (Å²) in [7, 11) is 1.96. The van der Waals surface area contributed by atoms with Crippen LogP contribution in [0.2, 0.25) is 0 Å². The van der Waals surface area contributed by atoms with Gasteiger partial charge in [-0.05, 0) is 54.8 Å². The Morgan fingerprint density at radius 1 is 1.17 bits per heavy atom. The average Bonchev–Trinajstić information content (AvgIpc) is 3.51. The number of aryl methyl sites for hydroxylation is 1. The molecule has 0 radical (unpaired) electrons. The third-order valence-corrected chi connectivity index (χ3v) is 6.63. The Labute approximate surface area is 210 Å². The summed E-state index contributed by atoms with van der Waals surface area (Å²) in [5, 5.41) is 22.9. The van der Waals surface area contributed by atoms with Gasteiger partial charge in [0.1, 0.15) is 11.7 Å². The van der Waals surface area contributed by atoms with E-state index < -0.39 is 11.9 Å². The van der Waals surface area contributed by atoms with Gasteiger partial charge < -0.3 is 30.9 Å². The number of anilines is 1. The molecule has 1 unspecified atom stereocenters. The van der Waals surface area contributed by atoms with Crippen molar-refractivity contribution in [2.75, 3.05) is 31.5 Å². The summed E-state index contributed by atoms with van der Waals surface area (Å²) in [6.45, 7) is 2.73. The molecule has 1 amide bonds. The van der Waals surface area contributed by atoms with Crippen molar-refractivity contribution >= 4 is 34.4 Å². The Hall–Kier alpha value is -3.92. The Morgan fingerprint density at radius 2 is 1.89 bits per heavy atom. The van der Waals surface area contributed by atoms with Crippen LogP contribution in [0.25, 0.3) is 11.0 Å². The number of imidazole rings is 1. The number of hydrogen-bond acceptors (Lipinski definition) is 6. The summed E-state index contributed by atoms with van der Waals surface area (Å²) in [5.41, 5.74) is 9.75. The van der Waals surface area contributed by atoms with E-state index in [1.165, 1.54) is 0 Å². The molecule has 10 nitrogen and oxygen atoms in total. The number of aliphatic carboxylic acids is 1. The molecule has 0 bridgehead atoms. The highest BCUT2D eigenvalue weighted by atomic mass is 16.4. The summed E-state index contributed by atoms with van der Waals surface area (Å²) in [6, 6.07) is 13.3. The highest BCUT2D eigenvalue weighted by Gasteiger charge is 2.28. The monoisotopic (exact) mass is 491 g/mol. The number of carboxylic acid groups (broad SMARTS) is 1. The maximum atomic E-state index is 13.3. The summed E-state index contributed by atoms with van der Waals surface area (Å²) in [5.74, 6) is -0.312. The zero-order chi connectivity index (χ0) is 25.7. The van der Waals surface area contributed by atoms with Crippen molar-refractivity contribution in [2.45, 2.75) is 31.7 Å². The minimum Gasteiger partial charge on any atom is -0.481 e. The Kier molecular flexibility index (Phi) is 7.84. The predicted octanol–water partition coefficient (Wildman–Crippen LogP) is 2.24. The normalized spacial score (nSPS) is 14.2. The van der Waals surface area contributed by atoms with Crippen molar-refractivity contribution in [2.24, 2.45) is 12.8 Å². The molecule has 0 spiro atoms. The second-order valence-electron chi connectivity index (χ2n) is 9.11. The number of carbonyl (C=O) groups excluding carboxylic acids is 1. The van der Waals surface area contributed by atoms with Crippen molar-refractivity contribution in [1.29, 1.82) is 5.41 Å². The van der Waals surface area contributed by atoms with Crippen LogP contribution in [-0.4, -0.2) is 63.4 Å². The molecule has 1 aliphatic heterocycles. The lowest BCUT2D eigenvalue weighted by Crippen LogP contribution is -2.37. The first-order chi connectivity index (χ1) is 17.3. The van der Waals surface area contributed by atoms with Gasteiger partial charge >= 0.3 is 5.97 Å². The molecular formula is C26H33N7O3. The molecule has 1 aliphatic rings. The number of nitrogen functional groups attached to an aromatic ring is 1. The third kappa shape index (κ3) is 5.83. The molecule has 190 valence electrons. The standard InChI is InChI=1S/C26H33N7O3/c1-32-22-9-6-18(20(15-29-11-10-24(34)35)26(36)33-12-2-3-13-33)14-21(22)31-23(32)16-30-19-7-4-17(5-8-19)25(27)28/h4-9,14,20,29-30H,2-3,10-13,15-16H2,1H3,(H3,27,28)(H,34,35). The highest BCUT2D eigenvalue weighted by Crippen LogP contribution is 2.25. The van der Waals surface area contributed by atoms with Crippen LogP contribution < -0.4 is 16.4 Å². The van der Waals surface area contributed by atoms with Gasteiger partial charge in [0.2, 0.25) is 5.91 Å². The number of nitrogens with zero attached hydrogens (tertiary/aromatic N) is 3. The summed E-state index contributed by atoms with van der Waals surface area (Å²) in [6.07, 6.45) is 2.04. The highest BCUT2D eigenvalue weighted by molar-refractivity contribution is 5.95. The van der Waals surface area contributed by atoms with Crippen molar-refractivity contribution in [3.05, 3.63) is 59.4 Å². The molecule has 1 atom stereocenters. The molecular weight excluding hydrogens is 458 g/mol. The second kappa shape index (κ2) is 11.2. The van der Waals surface area contributed by atoms with Gasteiger partial charge in [0.25, 0.3) is 0 Å². The summed E-state index contributed by atoms with van der Waals surface area (Å²) in [4.78, 5) is 30.9. The van der Waals surface area contributed by atoms with Crippen LogP contribution in [-0.2, 0) is 23.2 Å². The van der Waals surface area contributed by atoms with Crippen molar-refractivity contribution < 1.29 is 14.7 Å². The van der Waals surface area contributed by atoms with Gasteiger partial charge in [0.15, 0.2) is 0 Å². The van der Waals surface area contributed by atoms with E-state index in [1.807, 2.05) is 46.8 Å². The minimum atomic E-state index is -0.865. The minimum absolute atomic E-state index is 0.0116. The lowest BCUT2D eigenvalue weighted by Gasteiger charge is -2.24. The molecule has 0 aliphatic carbocycles. The number of rotatable bonds is 11. The maximum Gasteiger partial charge on any atom is 0.304 e. The van der Waals surface area contributed by atoms with Crippen molar-refractivity contribution in [1.82, 2.24) is 19.8 Å². The molecule has 10 heteroatoms.